The Labute approximate surface area is 142 Å². The molecule has 0 aromatic heterocycles. The number of carbonyl (C=O) groups excluding carboxylic acids is 3. The van der Waals surface area contributed by atoms with Crippen molar-refractivity contribution in [3.8, 4) is 5.75 Å². The predicted molar refractivity (Wildman–Crippen MR) is 91.4 cm³/mol. The molecule has 0 spiro atoms. The summed E-state index contributed by atoms with van der Waals surface area (Å²) in [7, 11) is 0. The van der Waals surface area contributed by atoms with Crippen LogP contribution in [0.2, 0.25) is 0 Å². The number of benzene rings is 1. The van der Waals surface area contributed by atoms with Gasteiger partial charge in [0.25, 0.3) is 5.91 Å². The number of nitrogens with one attached hydrogen (secondary N) is 1. The first kappa shape index (κ1) is 18.0. The molecule has 1 heterocycles. The monoisotopic (exact) mass is 332 g/mol. The van der Waals surface area contributed by atoms with Crippen LogP contribution in [0.3, 0.4) is 0 Å². The van der Waals surface area contributed by atoms with Crippen molar-refractivity contribution >= 4 is 23.3 Å². The first-order valence-corrected chi connectivity index (χ1v) is 8.04. The molecule has 0 bridgehead atoms. The number of amides is 2. The minimum absolute atomic E-state index is 0.104. The van der Waals surface area contributed by atoms with Gasteiger partial charge in [0.1, 0.15) is 12.3 Å². The van der Waals surface area contributed by atoms with Gasteiger partial charge < -0.3 is 10.1 Å². The maximum absolute atomic E-state index is 12.7. The molecule has 0 atom stereocenters. The molecule has 130 valence electrons. The first-order valence-electron chi connectivity index (χ1n) is 8.04. The third-order valence-corrected chi connectivity index (χ3v) is 3.79. The Kier molecular flexibility index (Phi) is 4.96. The molecule has 0 saturated heterocycles. The van der Waals surface area contributed by atoms with Crippen LogP contribution in [0, 0.1) is 5.92 Å². The van der Waals surface area contributed by atoms with Gasteiger partial charge in [0.2, 0.25) is 5.91 Å². The van der Waals surface area contributed by atoms with Gasteiger partial charge in [0.15, 0.2) is 11.4 Å². The molecule has 1 N–H and O–H groups in total. The lowest BCUT2D eigenvalue weighted by molar-refractivity contribution is -0.134. The van der Waals surface area contributed by atoms with E-state index in [1.165, 1.54) is 11.8 Å². The van der Waals surface area contributed by atoms with E-state index in [-0.39, 0.29) is 24.1 Å². The minimum atomic E-state index is -1.07. The standard InChI is InChI=1S/C18H24N2O4/c1-11(2)9-19-16(22)10-20-14-8-13(12(3)21)6-7-15(14)24-18(4,5)17(20)23/h6-8,11H,9-10H2,1-5H3,(H,19,22). The summed E-state index contributed by atoms with van der Waals surface area (Å²) in [6.07, 6.45) is 0. The van der Waals surface area contributed by atoms with Crippen molar-refractivity contribution in [3.63, 3.8) is 0 Å². The molecule has 0 unspecified atom stereocenters. The Balaban J connectivity index is 2.34. The Morgan fingerprint density at radius 3 is 2.54 bits per heavy atom. The van der Waals surface area contributed by atoms with E-state index in [1.54, 1.807) is 32.0 Å². The van der Waals surface area contributed by atoms with Gasteiger partial charge in [-0.1, -0.05) is 13.8 Å². The third kappa shape index (κ3) is 3.75. The average molecular weight is 332 g/mol. The van der Waals surface area contributed by atoms with Crippen molar-refractivity contribution in [2.45, 2.75) is 40.2 Å². The van der Waals surface area contributed by atoms with Gasteiger partial charge in [0.05, 0.1) is 5.69 Å². The summed E-state index contributed by atoms with van der Waals surface area (Å²) in [6.45, 7) is 9.21. The number of anilines is 1. The maximum atomic E-state index is 12.7. The van der Waals surface area contributed by atoms with E-state index in [0.29, 0.717) is 29.5 Å². The Morgan fingerprint density at radius 2 is 1.96 bits per heavy atom. The number of hydrogen-bond donors (Lipinski definition) is 1. The predicted octanol–water partition coefficient (Wildman–Crippen LogP) is 2.17. The summed E-state index contributed by atoms with van der Waals surface area (Å²) in [4.78, 5) is 37.9. The van der Waals surface area contributed by atoms with Crippen molar-refractivity contribution in [2.24, 2.45) is 5.92 Å². The van der Waals surface area contributed by atoms with Crippen LogP contribution in [0.5, 0.6) is 5.75 Å². The number of ketones is 1. The molecular weight excluding hydrogens is 308 g/mol. The van der Waals surface area contributed by atoms with Crippen LogP contribution < -0.4 is 15.0 Å². The normalized spacial score (nSPS) is 15.8. The number of rotatable bonds is 5. The molecule has 6 heteroatoms. The van der Waals surface area contributed by atoms with E-state index in [2.05, 4.69) is 5.32 Å². The second-order valence-corrected chi connectivity index (χ2v) is 6.94. The molecule has 0 saturated carbocycles. The van der Waals surface area contributed by atoms with Crippen LogP contribution in [-0.2, 0) is 9.59 Å². The molecule has 24 heavy (non-hydrogen) atoms. The second-order valence-electron chi connectivity index (χ2n) is 6.94. The SMILES string of the molecule is CC(=O)c1ccc2c(c1)N(CC(=O)NCC(C)C)C(=O)C(C)(C)O2. The zero-order valence-electron chi connectivity index (χ0n) is 14.8. The Bertz CT molecular complexity index is 680. The van der Waals surface area contributed by atoms with E-state index in [9.17, 15) is 14.4 Å². The molecule has 0 radical (unpaired) electrons. The highest BCUT2D eigenvalue weighted by atomic mass is 16.5. The van der Waals surface area contributed by atoms with Gasteiger partial charge in [-0.15, -0.1) is 0 Å². The molecule has 1 aliphatic heterocycles. The van der Waals surface area contributed by atoms with Crippen molar-refractivity contribution < 1.29 is 19.1 Å². The Morgan fingerprint density at radius 1 is 1.29 bits per heavy atom. The highest BCUT2D eigenvalue weighted by Crippen LogP contribution is 2.38. The number of nitrogens with zero attached hydrogens (tertiary/aromatic N) is 1. The van der Waals surface area contributed by atoms with E-state index in [0.717, 1.165) is 0 Å². The fraction of sp³-hybridized carbons (Fsp3) is 0.500. The largest absolute Gasteiger partial charge is 0.476 e. The van der Waals surface area contributed by atoms with Crippen molar-refractivity contribution in [3.05, 3.63) is 23.8 Å². The van der Waals surface area contributed by atoms with Crippen LogP contribution in [0.25, 0.3) is 0 Å². The molecule has 0 aliphatic carbocycles. The van der Waals surface area contributed by atoms with Crippen molar-refractivity contribution in [2.75, 3.05) is 18.0 Å². The average Bonchev–Trinajstić information content (AvgIpc) is 2.49. The second kappa shape index (κ2) is 6.63. The fourth-order valence-corrected chi connectivity index (χ4v) is 2.46. The first-order chi connectivity index (χ1) is 11.1. The van der Waals surface area contributed by atoms with Crippen LogP contribution in [0.1, 0.15) is 45.0 Å². The maximum Gasteiger partial charge on any atom is 0.271 e. The molecular formula is C18H24N2O4. The van der Waals surface area contributed by atoms with E-state index >= 15 is 0 Å². The number of hydrogen-bond acceptors (Lipinski definition) is 4. The molecule has 2 amide bonds. The van der Waals surface area contributed by atoms with Crippen molar-refractivity contribution in [1.82, 2.24) is 5.32 Å². The molecule has 1 aliphatic rings. The minimum Gasteiger partial charge on any atom is -0.476 e. The van der Waals surface area contributed by atoms with Gasteiger partial charge in [-0.2, -0.15) is 0 Å². The highest BCUT2D eigenvalue weighted by Gasteiger charge is 2.41. The smallest absolute Gasteiger partial charge is 0.271 e. The van der Waals surface area contributed by atoms with Gasteiger partial charge in [-0.25, -0.2) is 0 Å². The van der Waals surface area contributed by atoms with E-state index in [4.69, 9.17) is 4.74 Å². The molecule has 6 nitrogen and oxygen atoms in total. The summed E-state index contributed by atoms with van der Waals surface area (Å²) in [5.74, 6) is 0.146. The summed E-state index contributed by atoms with van der Waals surface area (Å²) in [6, 6.07) is 4.92. The summed E-state index contributed by atoms with van der Waals surface area (Å²) in [5.41, 5.74) is -0.146. The van der Waals surface area contributed by atoms with Crippen molar-refractivity contribution in [1.29, 1.82) is 0 Å². The molecule has 1 aromatic carbocycles. The van der Waals surface area contributed by atoms with E-state index < -0.39 is 5.60 Å². The zero-order valence-corrected chi connectivity index (χ0v) is 14.8. The topological polar surface area (TPSA) is 75.7 Å². The number of ether oxygens (including phenoxy) is 1. The van der Waals surface area contributed by atoms with Gasteiger partial charge in [-0.05, 0) is 44.9 Å². The van der Waals surface area contributed by atoms with Crippen LogP contribution in [0.4, 0.5) is 5.69 Å². The summed E-state index contributed by atoms with van der Waals surface area (Å²) in [5, 5.41) is 2.80. The number of Topliss-reactive ketones (excluding diaryl/α,β-unsaturated/α-hetero) is 1. The lowest BCUT2D eigenvalue weighted by Gasteiger charge is -2.38. The molecule has 1 aromatic rings. The fourth-order valence-electron chi connectivity index (χ4n) is 2.46. The van der Waals surface area contributed by atoms with Gasteiger partial charge >= 0.3 is 0 Å². The molecule has 2 rings (SSSR count). The van der Waals surface area contributed by atoms with Crippen LogP contribution in [0.15, 0.2) is 18.2 Å². The Hall–Kier alpha value is -2.37. The van der Waals surface area contributed by atoms with Gasteiger partial charge in [0, 0.05) is 12.1 Å². The molecule has 0 fully saturated rings. The number of fused-ring (bicyclic) bond motifs is 1. The van der Waals surface area contributed by atoms with Gasteiger partial charge in [-0.3, -0.25) is 19.3 Å². The summed E-state index contributed by atoms with van der Waals surface area (Å²) >= 11 is 0. The quantitative estimate of drug-likeness (QED) is 0.839. The van der Waals surface area contributed by atoms with E-state index in [1.807, 2.05) is 13.8 Å². The number of carbonyl (C=O) groups is 3. The zero-order chi connectivity index (χ0) is 18.1. The van der Waals surface area contributed by atoms with Crippen LogP contribution >= 0.6 is 0 Å². The summed E-state index contributed by atoms with van der Waals surface area (Å²) < 4.78 is 5.74. The lowest BCUT2D eigenvalue weighted by Crippen LogP contribution is -2.55. The van der Waals surface area contributed by atoms with Crippen LogP contribution in [-0.4, -0.2) is 36.3 Å². The lowest BCUT2D eigenvalue weighted by atomic mass is 10.0. The highest BCUT2D eigenvalue weighted by molar-refractivity contribution is 6.07. The third-order valence-electron chi connectivity index (χ3n) is 3.79.